The summed E-state index contributed by atoms with van der Waals surface area (Å²) in [5.74, 6) is 1.67. The average Bonchev–Trinajstić information content (AvgIpc) is 2.29. The molecule has 0 bridgehead atoms. The fourth-order valence-corrected chi connectivity index (χ4v) is 3.34. The summed E-state index contributed by atoms with van der Waals surface area (Å²) in [7, 11) is 0. The van der Waals surface area contributed by atoms with Crippen LogP contribution in [0, 0.1) is 17.3 Å². The van der Waals surface area contributed by atoms with E-state index in [1.807, 2.05) is 0 Å². The van der Waals surface area contributed by atoms with Crippen molar-refractivity contribution in [1.82, 2.24) is 0 Å². The molecule has 96 valence electrons. The van der Waals surface area contributed by atoms with E-state index in [2.05, 4.69) is 20.8 Å². The summed E-state index contributed by atoms with van der Waals surface area (Å²) in [4.78, 5) is 0. The Morgan fingerprint density at radius 3 is 2.25 bits per heavy atom. The van der Waals surface area contributed by atoms with Crippen LogP contribution < -0.4 is 5.73 Å². The second-order valence-electron chi connectivity index (χ2n) is 5.93. The minimum absolute atomic E-state index is 0.231. The first kappa shape index (κ1) is 14.0. The van der Waals surface area contributed by atoms with Gasteiger partial charge in [0.25, 0.3) is 0 Å². The summed E-state index contributed by atoms with van der Waals surface area (Å²) in [6.07, 6.45) is 6.95. The van der Waals surface area contributed by atoms with Gasteiger partial charge in [0.15, 0.2) is 0 Å². The molecule has 0 aromatic rings. The zero-order valence-corrected chi connectivity index (χ0v) is 11.2. The van der Waals surface area contributed by atoms with Gasteiger partial charge < -0.3 is 10.8 Å². The molecule has 2 nitrogen and oxygen atoms in total. The number of nitrogens with two attached hydrogens (primary N) is 1. The second-order valence-corrected chi connectivity index (χ2v) is 5.93. The van der Waals surface area contributed by atoms with Crippen LogP contribution in [0.1, 0.15) is 59.3 Å². The van der Waals surface area contributed by atoms with Gasteiger partial charge in [-0.05, 0) is 55.8 Å². The molecule has 1 rings (SSSR count). The third-order valence-electron chi connectivity index (χ3n) is 4.80. The Hall–Kier alpha value is -0.0800. The molecule has 1 atom stereocenters. The van der Waals surface area contributed by atoms with Gasteiger partial charge in [0.05, 0.1) is 0 Å². The predicted octanol–water partition coefficient (Wildman–Crippen LogP) is 2.94. The largest absolute Gasteiger partial charge is 0.396 e. The van der Waals surface area contributed by atoms with Crippen molar-refractivity contribution in [2.24, 2.45) is 23.0 Å². The van der Waals surface area contributed by atoms with Crippen molar-refractivity contribution in [1.29, 1.82) is 0 Å². The van der Waals surface area contributed by atoms with Gasteiger partial charge in [0.1, 0.15) is 0 Å². The summed E-state index contributed by atoms with van der Waals surface area (Å²) in [5, 5.41) is 9.25. The molecule has 1 aliphatic rings. The van der Waals surface area contributed by atoms with E-state index in [0.717, 1.165) is 24.7 Å². The smallest absolute Gasteiger partial charge is 0.0436 e. The molecular formula is C14H29NO. The number of hydrogen-bond donors (Lipinski definition) is 2. The van der Waals surface area contributed by atoms with E-state index in [4.69, 9.17) is 5.73 Å². The Kier molecular flexibility index (Phi) is 5.26. The van der Waals surface area contributed by atoms with Crippen LogP contribution in [0.25, 0.3) is 0 Å². The fourth-order valence-electron chi connectivity index (χ4n) is 3.34. The van der Waals surface area contributed by atoms with Gasteiger partial charge in [-0.15, -0.1) is 0 Å². The van der Waals surface area contributed by atoms with Crippen LogP contribution in [0.15, 0.2) is 0 Å². The van der Waals surface area contributed by atoms with Crippen molar-refractivity contribution in [2.75, 3.05) is 6.61 Å². The molecule has 0 heterocycles. The quantitative estimate of drug-likeness (QED) is 0.758. The molecule has 1 aliphatic carbocycles. The minimum atomic E-state index is 0.231. The fraction of sp³-hybridized carbons (Fsp3) is 1.00. The van der Waals surface area contributed by atoms with Gasteiger partial charge in [0.2, 0.25) is 0 Å². The molecule has 3 N–H and O–H groups in total. The molecule has 2 heteroatoms. The highest BCUT2D eigenvalue weighted by atomic mass is 16.3. The van der Waals surface area contributed by atoms with E-state index < -0.39 is 0 Å². The number of aliphatic hydroxyl groups excluding tert-OH is 1. The topological polar surface area (TPSA) is 46.2 Å². The van der Waals surface area contributed by atoms with Gasteiger partial charge in [-0.1, -0.05) is 20.8 Å². The molecule has 0 saturated heterocycles. The monoisotopic (exact) mass is 227 g/mol. The van der Waals surface area contributed by atoms with Gasteiger partial charge >= 0.3 is 0 Å². The number of aliphatic hydroxyl groups is 1. The lowest BCUT2D eigenvalue weighted by atomic mass is 9.63. The highest BCUT2D eigenvalue weighted by molar-refractivity contribution is 4.93. The summed E-state index contributed by atoms with van der Waals surface area (Å²) < 4.78 is 0. The van der Waals surface area contributed by atoms with E-state index in [1.165, 1.54) is 25.7 Å². The summed E-state index contributed by atoms with van der Waals surface area (Å²) >= 11 is 0. The van der Waals surface area contributed by atoms with Crippen LogP contribution in [0.2, 0.25) is 0 Å². The summed E-state index contributed by atoms with van der Waals surface area (Å²) in [6.45, 7) is 7.10. The zero-order chi connectivity index (χ0) is 12.2. The molecule has 0 spiro atoms. The Morgan fingerprint density at radius 1 is 1.31 bits per heavy atom. The predicted molar refractivity (Wildman–Crippen MR) is 69.2 cm³/mol. The molecule has 16 heavy (non-hydrogen) atoms. The highest BCUT2D eigenvalue weighted by Crippen LogP contribution is 2.45. The second kappa shape index (κ2) is 6.02. The van der Waals surface area contributed by atoms with Crippen molar-refractivity contribution >= 4 is 0 Å². The van der Waals surface area contributed by atoms with Crippen LogP contribution >= 0.6 is 0 Å². The van der Waals surface area contributed by atoms with E-state index in [9.17, 15) is 5.11 Å². The number of rotatable bonds is 5. The average molecular weight is 227 g/mol. The standard InChI is InChI=1S/C14H29NO/c1-4-13(15)14(9-10-16)7-5-12(6-8-14)11(2)3/h11-13,16H,4-10,15H2,1-3H3. The molecule has 1 fully saturated rings. The van der Waals surface area contributed by atoms with Crippen molar-refractivity contribution in [3.8, 4) is 0 Å². The number of hydrogen-bond acceptors (Lipinski definition) is 2. The van der Waals surface area contributed by atoms with E-state index in [-0.39, 0.29) is 11.5 Å². The Balaban J connectivity index is 2.62. The van der Waals surface area contributed by atoms with Gasteiger partial charge in [0, 0.05) is 12.6 Å². The van der Waals surface area contributed by atoms with Gasteiger partial charge in [-0.25, -0.2) is 0 Å². The Labute approximate surface area is 101 Å². The van der Waals surface area contributed by atoms with Crippen molar-refractivity contribution < 1.29 is 5.11 Å². The zero-order valence-electron chi connectivity index (χ0n) is 11.2. The normalized spacial score (nSPS) is 33.0. The third kappa shape index (κ3) is 2.98. The van der Waals surface area contributed by atoms with E-state index >= 15 is 0 Å². The lowest BCUT2D eigenvalue weighted by Crippen LogP contribution is -2.45. The maximum atomic E-state index is 9.25. The minimum Gasteiger partial charge on any atom is -0.396 e. The maximum Gasteiger partial charge on any atom is 0.0436 e. The lowest BCUT2D eigenvalue weighted by molar-refractivity contribution is 0.0643. The van der Waals surface area contributed by atoms with E-state index in [1.54, 1.807) is 0 Å². The van der Waals surface area contributed by atoms with Gasteiger partial charge in [-0.3, -0.25) is 0 Å². The molecule has 0 aliphatic heterocycles. The summed E-state index contributed by atoms with van der Waals surface area (Å²) in [5.41, 5.74) is 6.51. The molecule has 0 radical (unpaired) electrons. The molecule has 1 saturated carbocycles. The van der Waals surface area contributed by atoms with Crippen LogP contribution in [0.3, 0.4) is 0 Å². The van der Waals surface area contributed by atoms with Crippen molar-refractivity contribution in [3.05, 3.63) is 0 Å². The lowest BCUT2D eigenvalue weighted by Gasteiger charge is -2.45. The third-order valence-corrected chi connectivity index (χ3v) is 4.80. The first-order chi connectivity index (χ1) is 7.55. The molecule has 0 aromatic heterocycles. The molecule has 0 amide bonds. The Bertz CT molecular complexity index is 195. The molecule has 1 unspecified atom stereocenters. The van der Waals surface area contributed by atoms with Crippen molar-refractivity contribution in [2.45, 2.75) is 65.3 Å². The van der Waals surface area contributed by atoms with E-state index in [0.29, 0.717) is 6.61 Å². The Morgan fingerprint density at radius 2 is 1.88 bits per heavy atom. The molecular weight excluding hydrogens is 198 g/mol. The first-order valence-corrected chi connectivity index (χ1v) is 6.92. The van der Waals surface area contributed by atoms with Gasteiger partial charge in [-0.2, -0.15) is 0 Å². The SMILES string of the molecule is CCC(N)C1(CCO)CCC(C(C)C)CC1. The van der Waals surface area contributed by atoms with Crippen LogP contribution in [0.4, 0.5) is 0 Å². The van der Waals surface area contributed by atoms with Crippen LogP contribution in [-0.4, -0.2) is 17.8 Å². The maximum absolute atomic E-state index is 9.25. The van der Waals surface area contributed by atoms with Crippen molar-refractivity contribution in [3.63, 3.8) is 0 Å². The highest BCUT2D eigenvalue weighted by Gasteiger charge is 2.39. The first-order valence-electron chi connectivity index (χ1n) is 6.92. The van der Waals surface area contributed by atoms with Crippen LogP contribution in [-0.2, 0) is 0 Å². The molecule has 0 aromatic carbocycles. The van der Waals surface area contributed by atoms with Crippen LogP contribution in [0.5, 0.6) is 0 Å². The summed E-state index contributed by atoms with van der Waals surface area (Å²) in [6, 6.07) is 0.271.